The number of ether oxygens (including phenoxy) is 1. The minimum atomic E-state index is -0.301. The second kappa shape index (κ2) is 9.48. The first-order valence-electron chi connectivity index (χ1n) is 8.12. The molecule has 0 atom stereocenters. The van der Waals surface area contributed by atoms with Crippen LogP contribution >= 0.6 is 0 Å². The van der Waals surface area contributed by atoms with Gasteiger partial charge in [-0.15, -0.1) is 0 Å². The molecule has 0 aliphatic heterocycles. The van der Waals surface area contributed by atoms with E-state index in [4.69, 9.17) is 9.15 Å². The molecule has 0 radical (unpaired) electrons. The van der Waals surface area contributed by atoms with E-state index < -0.39 is 0 Å². The third kappa shape index (κ3) is 5.82. The van der Waals surface area contributed by atoms with Crippen molar-refractivity contribution in [3.63, 3.8) is 0 Å². The molecule has 0 bridgehead atoms. The highest BCUT2D eigenvalue weighted by Gasteiger charge is 2.19. The minimum absolute atomic E-state index is 0.0390. The topological polar surface area (TPSA) is 59.7 Å². The summed E-state index contributed by atoms with van der Waals surface area (Å²) >= 11 is 0. The van der Waals surface area contributed by atoms with Crippen LogP contribution in [0.25, 0.3) is 0 Å². The van der Waals surface area contributed by atoms with Crippen LogP contribution in [0.15, 0.2) is 4.42 Å². The van der Waals surface area contributed by atoms with Gasteiger partial charge in [-0.3, -0.25) is 4.79 Å². The summed E-state index contributed by atoms with van der Waals surface area (Å²) < 4.78 is 10.6. The summed E-state index contributed by atoms with van der Waals surface area (Å²) in [6.07, 6.45) is 9.08. The van der Waals surface area contributed by atoms with Crippen LogP contribution in [0.2, 0.25) is 0 Å². The van der Waals surface area contributed by atoms with Gasteiger partial charge in [-0.2, -0.15) is 0 Å². The van der Waals surface area contributed by atoms with E-state index in [1.165, 1.54) is 32.1 Å². The van der Waals surface area contributed by atoms with Gasteiger partial charge in [0, 0.05) is 12.8 Å². The van der Waals surface area contributed by atoms with Crippen LogP contribution in [0.1, 0.15) is 76.7 Å². The Morgan fingerprint density at radius 1 is 1.10 bits per heavy atom. The van der Waals surface area contributed by atoms with Gasteiger partial charge in [0.15, 0.2) is 0 Å². The number of aryl methyl sites for hydroxylation is 2. The Morgan fingerprint density at radius 3 is 2.29 bits per heavy atom. The molecule has 0 saturated heterocycles. The predicted molar refractivity (Wildman–Crippen MR) is 82.7 cm³/mol. The SMILES string of the molecule is CCCCCCCCCC(=O)Oc1c(C)oc(CC)c1O. The van der Waals surface area contributed by atoms with Crippen LogP contribution in [-0.4, -0.2) is 11.1 Å². The van der Waals surface area contributed by atoms with Crippen molar-refractivity contribution in [2.24, 2.45) is 0 Å². The number of carbonyl (C=O) groups is 1. The molecule has 1 heterocycles. The Kier molecular flexibility index (Phi) is 7.95. The summed E-state index contributed by atoms with van der Waals surface area (Å²) in [6.45, 7) is 5.77. The third-order valence-corrected chi connectivity index (χ3v) is 3.60. The number of carbonyl (C=O) groups excluding carboxylic acids is 1. The molecule has 0 saturated carbocycles. The zero-order chi connectivity index (χ0) is 15.7. The molecule has 0 aliphatic carbocycles. The Bertz CT molecular complexity index is 434. The fourth-order valence-corrected chi connectivity index (χ4v) is 2.32. The molecular weight excluding hydrogens is 268 g/mol. The molecule has 120 valence electrons. The van der Waals surface area contributed by atoms with Crippen molar-refractivity contribution in [2.45, 2.75) is 78.6 Å². The lowest BCUT2D eigenvalue weighted by molar-refractivity contribution is -0.134. The molecule has 0 spiro atoms. The van der Waals surface area contributed by atoms with E-state index in [0.29, 0.717) is 24.4 Å². The van der Waals surface area contributed by atoms with Crippen molar-refractivity contribution >= 4 is 5.97 Å². The van der Waals surface area contributed by atoms with E-state index in [1.807, 2.05) is 6.92 Å². The number of esters is 1. The van der Waals surface area contributed by atoms with Crippen molar-refractivity contribution in [3.8, 4) is 11.5 Å². The molecule has 4 heteroatoms. The highest BCUT2D eigenvalue weighted by Crippen LogP contribution is 2.37. The standard InChI is InChI=1S/C17H28O4/c1-4-6-7-8-9-10-11-12-15(18)21-17-13(3)20-14(5-2)16(17)19/h19H,4-12H2,1-3H3. The number of hydrogen-bond donors (Lipinski definition) is 1. The van der Waals surface area contributed by atoms with Crippen LogP contribution in [0, 0.1) is 6.92 Å². The number of unbranched alkanes of at least 4 members (excludes halogenated alkanes) is 6. The lowest BCUT2D eigenvalue weighted by atomic mass is 10.1. The Hall–Kier alpha value is -1.45. The molecular formula is C17H28O4. The van der Waals surface area contributed by atoms with Gasteiger partial charge in [0.05, 0.1) is 0 Å². The zero-order valence-electron chi connectivity index (χ0n) is 13.5. The van der Waals surface area contributed by atoms with E-state index in [1.54, 1.807) is 6.92 Å². The Morgan fingerprint density at radius 2 is 1.71 bits per heavy atom. The summed E-state index contributed by atoms with van der Waals surface area (Å²) in [4.78, 5) is 11.8. The molecule has 0 unspecified atom stereocenters. The van der Waals surface area contributed by atoms with Crippen molar-refractivity contribution in [1.82, 2.24) is 0 Å². The predicted octanol–water partition coefficient (Wildman–Crippen LogP) is 4.90. The van der Waals surface area contributed by atoms with Crippen LogP contribution in [0.5, 0.6) is 11.5 Å². The summed E-state index contributed by atoms with van der Waals surface area (Å²) in [6, 6.07) is 0. The van der Waals surface area contributed by atoms with E-state index in [-0.39, 0.29) is 17.5 Å². The molecule has 0 aromatic carbocycles. The molecule has 1 N–H and O–H groups in total. The second-order valence-electron chi connectivity index (χ2n) is 5.46. The van der Waals surface area contributed by atoms with Gasteiger partial charge in [0.2, 0.25) is 11.5 Å². The zero-order valence-corrected chi connectivity index (χ0v) is 13.5. The first-order valence-corrected chi connectivity index (χ1v) is 8.12. The summed E-state index contributed by atoms with van der Waals surface area (Å²) in [5, 5.41) is 9.88. The van der Waals surface area contributed by atoms with E-state index >= 15 is 0 Å². The monoisotopic (exact) mass is 296 g/mol. The number of hydrogen-bond acceptors (Lipinski definition) is 4. The first-order chi connectivity index (χ1) is 10.1. The molecule has 1 aromatic heterocycles. The Balaban J connectivity index is 2.26. The van der Waals surface area contributed by atoms with Crippen LogP contribution < -0.4 is 4.74 Å². The van der Waals surface area contributed by atoms with E-state index in [9.17, 15) is 9.90 Å². The van der Waals surface area contributed by atoms with Crippen LogP contribution in [0.3, 0.4) is 0 Å². The first kappa shape index (κ1) is 17.6. The second-order valence-corrected chi connectivity index (χ2v) is 5.46. The summed E-state index contributed by atoms with van der Waals surface area (Å²) in [7, 11) is 0. The van der Waals surface area contributed by atoms with Gasteiger partial charge in [-0.1, -0.05) is 52.4 Å². The maximum absolute atomic E-state index is 11.8. The quantitative estimate of drug-likeness (QED) is 0.492. The number of furan rings is 1. The lowest BCUT2D eigenvalue weighted by Gasteiger charge is -2.04. The maximum Gasteiger partial charge on any atom is 0.311 e. The van der Waals surface area contributed by atoms with E-state index in [0.717, 1.165) is 12.8 Å². The molecule has 1 rings (SSSR count). The normalized spacial score (nSPS) is 10.8. The van der Waals surface area contributed by atoms with Crippen molar-refractivity contribution in [3.05, 3.63) is 11.5 Å². The largest absolute Gasteiger partial charge is 0.502 e. The van der Waals surface area contributed by atoms with E-state index in [2.05, 4.69) is 6.92 Å². The van der Waals surface area contributed by atoms with Crippen molar-refractivity contribution < 1.29 is 19.1 Å². The maximum atomic E-state index is 11.8. The molecule has 0 amide bonds. The van der Waals surface area contributed by atoms with Crippen LogP contribution in [-0.2, 0) is 11.2 Å². The Labute approximate surface area is 127 Å². The lowest BCUT2D eigenvalue weighted by Crippen LogP contribution is -2.07. The third-order valence-electron chi connectivity index (χ3n) is 3.60. The molecule has 4 nitrogen and oxygen atoms in total. The number of aromatic hydroxyl groups is 1. The van der Waals surface area contributed by atoms with Gasteiger partial charge in [-0.25, -0.2) is 0 Å². The van der Waals surface area contributed by atoms with Gasteiger partial charge in [-0.05, 0) is 13.3 Å². The minimum Gasteiger partial charge on any atom is -0.502 e. The fraction of sp³-hybridized carbons (Fsp3) is 0.706. The molecule has 0 fully saturated rings. The highest BCUT2D eigenvalue weighted by atomic mass is 16.6. The van der Waals surface area contributed by atoms with Gasteiger partial charge < -0.3 is 14.3 Å². The molecule has 0 aliphatic rings. The van der Waals surface area contributed by atoms with Crippen molar-refractivity contribution in [1.29, 1.82) is 0 Å². The molecule has 21 heavy (non-hydrogen) atoms. The smallest absolute Gasteiger partial charge is 0.311 e. The average molecular weight is 296 g/mol. The fourth-order valence-electron chi connectivity index (χ4n) is 2.32. The van der Waals surface area contributed by atoms with Gasteiger partial charge >= 0.3 is 5.97 Å². The highest BCUT2D eigenvalue weighted by molar-refractivity contribution is 5.73. The molecule has 1 aromatic rings. The summed E-state index contributed by atoms with van der Waals surface area (Å²) in [5.74, 6) is 0.761. The summed E-state index contributed by atoms with van der Waals surface area (Å²) in [5.41, 5.74) is 0. The number of rotatable bonds is 10. The van der Waals surface area contributed by atoms with Crippen LogP contribution in [0.4, 0.5) is 0 Å². The average Bonchev–Trinajstić information content (AvgIpc) is 2.73. The van der Waals surface area contributed by atoms with Crippen molar-refractivity contribution in [2.75, 3.05) is 0 Å². The van der Waals surface area contributed by atoms with Gasteiger partial charge in [0.25, 0.3) is 0 Å². The van der Waals surface area contributed by atoms with Gasteiger partial charge in [0.1, 0.15) is 11.5 Å².